The van der Waals surface area contributed by atoms with Crippen LogP contribution < -0.4 is 9.64 Å². The van der Waals surface area contributed by atoms with Gasteiger partial charge in [-0.25, -0.2) is 0 Å². The van der Waals surface area contributed by atoms with Gasteiger partial charge in [-0.15, -0.1) is 0 Å². The first-order valence-corrected chi connectivity index (χ1v) is 6.71. The third-order valence-corrected chi connectivity index (χ3v) is 4.24. The Hall–Kier alpha value is -1.69. The van der Waals surface area contributed by atoms with E-state index in [1.165, 1.54) is 22.4 Å². The van der Waals surface area contributed by atoms with Crippen molar-refractivity contribution in [3.05, 3.63) is 22.8 Å². The molecule has 2 rings (SSSR count). The molecule has 0 saturated heterocycles. The standard InChI is InChI=1S/C16H22N2O/c1-11-8-14(19-5)12(2)13(3)15(11)18(4)10-16(9-17)6-7-16/h8H,6-7,10H2,1-5H3. The van der Waals surface area contributed by atoms with Crippen LogP contribution in [0.4, 0.5) is 5.69 Å². The Kier molecular flexibility index (Phi) is 3.45. The van der Waals surface area contributed by atoms with Crippen molar-refractivity contribution >= 4 is 5.69 Å². The quantitative estimate of drug-likeness (QED) is 0.831. The molecule has 0 atom stereocenters. The maximum absolute atomic E-state index is 9.23. The van der Waals surface area contributed by atoms with Crippen LogP contribution in [0.5, 0.6) is 5.75 Å². The highest BCUT2D eigenvalue weighted by Crippen LogP contribution is 2.46. The number of benzene rings is 1. The molecule has 0 radical (unpaired) electrons. The molecule has 19 heavy (non-hydrogen) atoms. The molecule has 0 N–H and O–H groups in total. The van der Waals surface area contributed by atoms with Crippen LogP contribution in [-0.4, -0.2) is 20.7 Å². The summed E-state index contributed by atoms with van der Waals surface area (Å²) in [5.41, 5.74) is 4.75. The molecule has 0 spiro atoms. The summed E-state index contributed by atoms with van der Waals surface area (Å²) < 4.78 is 5.40. The summed E-state index contributed by atoms with van der Waals surface area (Å²) >= 11 is 0. The minimum atomic E-state index is -0.110. The lowest BCUT2D eigenvalue weighted by molar-refractivity contribution is 0.411. The van der Waals surface area contributed by atoms with E-state index in [0.29, 0.717) is 0 Å². The van der Waals surface area contributed by atoms with Crippen LogP contribution in [0.2, 0.25) is 0 Å². The molecular formula is C16H22N2O. The molecule has 1 fully saturated rings. The first-order valence-electron chi connectivity index (χ1n) is 6.71. The molecular weight excluding hydrogens is 236 g/mol. The monoisotopic (exact) mass is 258 g/mol. The fourth-order valence-electron chi connectivity index (χ4n) is 2.82. The fraction of sp³-hybridized carbons (Fsp3) is 0.562. The summed E-state index contributed by atoms with van der Waals surface area (Å²) in [7, 11) is 3.79. The van der Waals surface area contributed by atoms with E-state index in [1.54, 1.807) is 7.11 Å². The molecule has 1 aromatic carbocycles. The highest BCUT2D eigenvalue weighted by atomic mass is 16.5. The number of nitriles is 1. The lowest BCUT2D eigenvalue weighted by Gasteiger charge is -2.27. The third-order valence-electron chi connectivity index (χ3n) is 4.24. The molecule has 1 saturated carbocycles. The highest BCUT2D eigenvalue weighted by Gasteiger charge is 2.44. The van der Waals surface area contributed by atoms with Crippen molar-refractivity contribution in [3.8, 4) is 11.8 Å². The fourth-order valence-corrected chi connectivity index (χ4v) is 2.82. The van der Waals surface area contributed by atoms with Crippen LogP contribution in [0.1, 0.15) is 29.5 Å². The number of aryl methyl sites for hydroxylation is 1. The van der Waals surface area contributed by atoms with Crippen LogP contribution in [0.15, 0.2) is 6.07 Å². The summed E-state index contributed by atoms with van der Waals surface area (Å²) in [6.45, 7) is 7.13. The van der Waals surface area contributed by atoms with Gasteiger partial charge in [0.1, 0.15) is 5.75 Å². The van der Waals surface area contributed by atoms with E-state index >= 15 is 0 Å². The Morgan fingerprint density at radius 1 is 1.32 bits per heavy atom. The van der Waals surface area contributed by atoms with Crippen molar-refractivity contribution in [2.24, 2.45) is 5.41 Å². The van der Waals surface area contributed by atoms with Gasteiger partial charge in [-0.2, -0.15) is 5.26 Å². The Morgan fingerprint density at radius 3 is 2.42 bits per heavy atom. The lowest BCUT2D eigenvalue weighted by atomic mass is 10.00. The second-order valence-corrected chi connectivity index (χ2v) is 5.74. The molecule has 0 heterocycles. The van der Waals surface area contributed by atoms with E-state index < -0.39 is 0 Å². The number of methoxy groups -OCH3 is 1. The molecule has 1 aromatic rings. The number of anilines is 1. The summed E-state index contributed by atoms with van der Waals surface area (Å²) in [5.74, 6) is 0.938. The molecule has 1 aliphatic rings. The highest BCUT2D eigenvalue weighted by molar-refractivity contribution is 5.65. The smallest absolute Gasteiger partial charge is 0.122 e. The number of ether oxygens (including phenoxy) is 1. The zero-order valence-electron chi connectivity index (χ0n) is 12.5. The number of rotatable bonds is 4. The number of hydrogen-bond acceptors (Lipinski definition) is 3. The van der Waals surface area contributed by atoms with Crippen LogP contribution >= 0.6 is 0 Å². The van der Waals surface area contributed by atoms with Crippen molar-refractivity contribution in [2.75, 3.05) is 25.6 Å². The Bertz CT molecular complexity index is 539. The van der Waals surface area contributed by atoms with Crippen LogP contribution in [0, 0.1) is 37.5 Å². The maximum Gasteiger partial charge on any atom is 0.122 e. The molecule has 0 aliphatic heterocycles. The molecule has 0 unspecified atom stereocenters. The Labute approximate surface area is 115 Å². The Balaban J connectivity index is 2.35. The molecule has 102 valence electrons. The molecule has 3 heteroatoms. The molecule has 0 amide bonds. The predicted octanol–water partition coefficient (Wildman–Crippen LogP) is 3.36. The van der Waals surface area contributed by atoms with Crippen LogP contribution in [-0.2, 0) is 0 Å². The van der Waals surface area contributed by atoms with Gasteiger partial charge in [0.05, 0.1) is 18.6 Å². The molecule has 3 nitrogen and oxygen atoms in total. The number of hydrogen-bond donors (Lipinski definition) is 0. The van der Waals surface area contributed by atoms with Crippen molar-refractivity contribution in [1.29, 1.82) is 5.26 Å². The summed E-state index contributed by atoms with van der Waals surface area (Å²) in [6.07, 6.45) is 2.06. The van der Waals surface area contributed by atoms with E-state index in [4.69, 9.17) is 4.74 Å². The van der Waals surface area contributed by atoms with Crippen molar-refractivity contribution in [2.45, 2.75) is 33.6 Å². The van der Waals surface area contributed by atoms with E-state index in [1.807, 2.05) is 0 Å². The van der Waals surface area contributed by atoms with Gasteiger partial charge in [-0.05, 0) is 56.4 Å². The van der Waals surface area contributed by atoms with Crippen molar-refractivity contribution in [1.82, 2.24) is 0 Å². The zero-order valence-corrected chi connectivity index (χ0v) is 12.5. The van der Waals surface area contributed by atoms with Gasteiger partial charge in [-0.3, -0.25) is 0 Å². The van der Waals surface area contributed by atoms with Gasteiger partial charge in [-0.1, -0.05) is 0 Å². The van der Waals surface area contributed by atoms with Crippen molar-refractivity contribution in [3.63, 3.8) is 0 Å². The second kappa shape index (κ2) is 4.77. The van der Waals surface area contributed by atoms with Gasteiger partial charge >= 0.3 is 0 Å². The normalized spacial score (nSPS) is 15.8. The summed E-state index contributed by atoms with van der Waals surface area (Å²) in [5, 5.41) is 9.23. The maximum atomic E-state index is 9.23. The largest absolute Gasteiger partial charge is 0.496 e. The summed E-state index contributed by atoms with van der Waals surface area (Å²) in [4.78, 5) is 2.23. The second-order valence-electron chi connectivity index (χ2n) is 5.74. The lowest BCUT2D eigenvalue weighted by Crippen LogP contribution is -2.27. The van der Waals surface area contributed by atoms with Gasteiger partial charge in [0.15, 0.2) is 0 Å². The SMILES string of the molecule is COc1cc(C)c(N(C)CC2(C#N)CC2)c(C)c1C. The van der Waals surface area contributed by atoms with Gasteiger partial charge < -0.3 is 9.64 Å². The van der Waals surface area contributed by atoms with Gasteiger partial charge in [0.2, 0.25) is 0 Å². The summed E-state index contributed by atoms with van der Waals surface area (Å²) in [6, 6.07) is 4.55. The average molecular weight is 258 g/mol. The van der Waals surface area contributed by atoms with Crippen LogP contribution in [0.25, 0.3) is 0 Å². The topological polar surface area (TPSA) is 36.3 Å². The minimum absolute atomic E-state index is 0.110. The minimum Gasteiger partial charge on any atom is -0.496 e. The van der Waals surface area contributed by atoms with E-state index in [2.05, 4.69) is 44.9 Å². The van der Waals surface area contributed by atoms with Crippen LogP contribution in [0.3, 0.4) is 0 Å². The molecule has 0 aromatic heterocycles. The third kappa shape index (κ3) is 2.40. The molecule has 0 bridgehead atoms. The Morgan fingerprint density at radius 2 is 1.95 bits per heavy atom. The predicted molar refractivity (Wildman–Crippen MR) is 77.8 cm³/mol. The van der Waals surface area contributed by atoms with Crippen molar-refractivity contribution < 1.29 is 4.74 Å². The number of nitrogens with zero attached hydrogens (tertiary/aromatic N) is 2. The first kappa shape index (κ1) is 13.7. The van der Waals surface area contributed by atoms with E-state index in [0.717, 1.165) is 25.1 Å². The first-order chi connectivity index (χ1) is 8.94. The van der Waals surface area contributed by atoms with Gasteiger partial charge in [0, 0.05) is 19.3 Å². The van der Waals surface area contributed by atoms with Gasteiger partial charge in [0.25, 0.3) is 0 Å². The average Bonchev–Trinajstić information content (AvgIpc) is 3.14. The van der Waals surface area contributed by atoms with E-state index in [-0.39, 0.29) is 5.41 Å². The zero-order chi connectivity index (χ0) is 14.2. The molecule has 1 aliphatic carbocycles. The van der Waals surface area contributed by atoms with E-state index in [9.17, 15) is 5.26 Å².